The van der Waals surface area contributed by atoms with Crippen molar-refractivity contribution < 1.29 is 21.6 Å². The number of piperidine rings is 1. The highest BCUT2D eigenvalue weighted by Gasteiger charge is 2.33. The molecule has 0 aromatic heterocycles. The van der Waals surface area contributed by atoms with Crippen molar-refractivity contribution in [3.05, 3.63) is 40.8 Å². The van der Waals surface area contributed by atoms with Crippen molar-refractivity contribution in [2.75, 3.05) is 18.8 Å². The van der Waals surface area contributed by atoms with E-state index >= 15 is 0 Å². The lowest BCUT2D eigenvalue weighted by molar-refractivity contribution is -0.126. The molecule has 1 amide bonds. The highest BCUT2D eigenvalue weighted by Crippen LogP contribution is 2.25. The summed E-state index contributed by atoms with van der Waals surface area (Å²) in [6, 6.07) is 5.46. The third-order valence-electron chi connectivity index (χ3n) is 4.53. The van der Waals surface area contributed by atoms with Crippen molar-refractivity contribution in [1.82, 2.24) is 9.62 Å². The Labute approximate surface area is 158 Å². The molecule has 10 heteroatoms. The molecular weight excluding hydrogens is 400 g/mol. The molecule has 7 nitrogen and oxygen atoms in total. The Morgan fingerprint density at radius 3 is 2.31 bits per heavy atom. The Balaban J connectivity index is 1.58. The Kier molecular flexibility index (Phi) is 5.43. The van der Waals surface area contributed by atoms with Crippen LogP contribution < -0.4 is 5.32 Å². The average Bonchev–Trinajstić information content (AvgIpc) is 2.94. The summed E-state index contributed by atoms with van der Waals surface area (Å²) in [7, 11) is -6.84. The molecule has 0 saturated carbocycles. The van der Waals surface area contributed by atoms with Gasteiger partial charge in [0, 0.05) is 29.4 Å². The van der Waals surface area contributed by atoms with Gasteiger partial charge in [0.25, 0.3) is 0 Å². The zero-order valence-electron chi connectivity index (χ0n) is 13.8. The highest BCUT2D eigenvalue weighted by atomic mass is 35.5. The minimum atomic E-state index is -3.61. The third kappa shape index (κ3) is 4.28. The molecule has 2 aliphatic rings. The summed E-state index contributed by atoms with van der Waals surface area (Å²) in [4.78, 5) is 12.5. The molecular formula is C16H19ClN2O5S2. The quantitative estimate of drug-likeness (QED) is 0.790. The Hall–Kier alpha value is -1.42. The zero-order chi connectivity index (χ0) is 18.9. The number of benzene rings is 1. The molecule has 1 atom stereocenters. The first-order valence-electron chi connectivity index (χ1n) is 8.14. The minimum absolute atomic E-state index is 0.122. The molecule has 1 fully saturated rings. The second kappa shape index (κ2) is 7.30. The number of rotatable bonds is 4. The number of sulfone groups is 1. The van der Waals surface area contributed by atoms with Crippen molar-refractivity contribution in [2.24, 2.45) is 5.92 Å². The number of halogens is 1. The predicted molar refractivity (Wildman–Crippen MR) is 97.8 cm³/mol. The van der Waals surface area contributed by atoms with Gasteiger partial charge in [0.2, 0.25) is 15.9 Å². The zero-order valence-corrected chi connectivity index (χ0v) is 16.2. The van der Waals surface area contributed by atoms with Crippen LogP contribution in [0.3, 0.4) is 0 Å². The van der Waals surface area contributed by atoms with E-state index in [0.717, 1.165) is 5.41 Å². The molecule has 0 spiro atoms. The number of sulfonamides is 1. The summed E-state index contributed by atoms with van der Waals surface area (Å²) in [6.45, 7) is 0.476. The SMILES string of the molecule is O=C(NC1C=CS(=O)(=O)C1)C1CCN(S(=O)(=O)c2ccc(Cl)cc2)CC1. The monoisotopic (exact) mass is 418 g/mol. The lowest BCUT2D eigenvalue weighted by atomic mass is 9.97. The molecule has 3 rings (SSSR count). The molecule has 26 heavy (non-hydrogen) atoms. The van der Waals surface area contributed by atoms with E-state index in [4.69, 9.17) is 11.6 Å². The standard InChI is InChI=1S/C16H19ClN2O5S2/c17-13-1-3-15(4-2-13)26(23,24)19-8-5-12(6-9-19)16(20)18-14-7-10-25(21,22)11-14/h1-4,7,10,12,14H,5-6,8-9,11H2,(H,18,20). The molecule has 1 saturated heterocycles. The van der Waals surface area contributed by atoms with Gasteiger partial charge in [-0.2, -0.15) is 4.31 Å². The number of hydrogen-bond donors (Lipinski definition) is 1. The molecule has 142 valence electrons. The first-order valence-corrected chi connectivity index (χ1v) is 11.7. The number of nitrogens with one attached hydrogen (secondary N) is 1. The number of carbonyl (C=O) groups excluding carboxylic acids is 1. The van der Waals surface area contributed by atoms with Gasteiger partial charge in [-0.15, -0.1) is 0 Å². The first-order chi connectivity index (χ1) is 12.2. The van der Waals surface area contributed by atoms with Crippen LogP contribution in [0.4, 0.5) is 0 Å². The van der Waals surface area contributed by atoms with E-state index in [-0.39, 0.29) is 35.6 Å². The van der Waals surface area contributed by atoms with E-state index in [1.807, 2.05) is 0 Å². The van der Waals surface area contributed by atoms with E-state index < -0.39 is 25.9 Å². The van der Waals surface area contributed by atoms with E-state index in [0.29, 0.717) is 17.9 Å². The van der Waals surface area contributed by atoms with Crippen molar-refractivity contribution in [1.29, 1.82) is 0 Å². The molecule has 0 radical (unpaired) electrons. The maximum Gasteiger partial charge on any atom is 0.243 e. The summed E-state index contributed by atoms with van der Waals surface area (Å²) >= 11 is 5.79. The molecule has 2 aliphatic heterocycles. The van der Waals surface area contributed by atoms with Gasteiger partial charge in [-0.25, -0.2) is 16.8 Å². The fourth-order valence-electron chi connectivity index (χ4n) is 3.08. The summed E-state index contributed by atoms with van der Waals surface area (Å²) in [5.74, 6) is -0.689. The molecule has 0 bridgehead atoms. The summed E-state index contributed by atoms with van der Waals surface area (Å²) in [6.07, 6.45) is 2.25. The Morgan fingerprint density at radius 1 is 1.15 bits per heavy atom. The van der Waals surface area contributed by atoms with Crippen molar-refractivity contribution >= 4 is 37.4 Å². The maximum absolute atomic E-state index is 12.6. The molecule has 1 unspecified atom stereocenters. The second-order valence-corrected chi connectivity index (χ2v) is 10.7. The topological polar surface area (TPSA) is 101 Å². The molecule has 1 N–H and O–H groups in total. The van der Waals surface area contributed by atoms with Crippen LogP contribution in [0.25, 0.3) is 0 Å². The fraction of sp³-hybridized carbons (Fsp3) is 0.438. The number of carbonyl (C=O) groups is 1. The van der Waals surface area contributed by atoms with Crippen molar-refractivity contribution in [2.45, 2.75) is 23.8 Å². The van der Waals surface area contributed by atoms with Gasteiger partial charge in [-0.3, -0.25) is 4.79 Å². The maximum atomic E-state index is 12.6. The number of hydrogen-bond acceptors (Lipinski definition) is 5. The van der Waals surface area contributed by atoms with Gasteiger partial charge in [-0.05, 0) is 43.2 Å². The summed E-state index contributed by atoms with van der Waals surface area (Å²) in [5, 5.41) is 4.28. The van der Waals surface area contributed by atoms with Gasteiger partial charge >= 0.3 is 0 Å². The lowest BCUT2D eigenvalue weighted by Gasteiger charge is -2.31. The van der Waals surface area contributed by atoms with Crippen molar-refractivity contribution in [3.63, 3.8) is 0 Å². The first kappa shape index (κ1) is 19.3. The van der Waals surface area contributed by atoms with E-state index in [1.54, 1.807) is 0 Å². The summed E-state index contributed by atoms with van der Waals surface area (Å²) < 4.78 is 49.4. The minimum Gasteiger partial charge on any atom is -0.349 e. The molecule has 1 aromatic carbocycles. The van der Waals surface area contributed by atoms with E-state index in [2.05, 4.69) is 5.32 Å². The number of amides is 1. The van der Waals surface area contributed by atoms with Gasteiger partial charge in [0.1, 0.15) is 0 Å². The molecule has 2 heterocycles. The van der Waals surface area contributed by atoms with Gasteiger partial charge in [0.05, 0.1) is 16.7 Å². The van der Waals surface area contributed by atoms with E-state index in [1.165, 1.54) is 34.6 Å². The van der Waals surface area contributed by atoms with Crippen LogP contribution in [0.5, 0.6) is 0 Å². The van der Waals surface area contributed by atoms with Gasteiger partial charge in [0.15, 0.2) is 9.84 Å². The predicted octanol–water partition coefficient (Wildman–Crippen LogP) is 1.17. The smallest absolute Gasteiger partial charge is 0.243 e. The van der Waals surface area contributed by atoms with E-state index in [9.17, 15) is 21.6 Å². The number of nitrogens with zero attached hydrogens (tertiary/aromatic N) is 1. The van der Waals surface area contributed by atoms with Crippen LogP contribution in [0.2, 0.25) is 5.02 Å². The van der Waals surface area contributed by atoms with Gasteiger partial charge < -0.3 is 5.32 Å². The normalized spacial score (nSPS) is 23.8. The lowest BCUT2D eigenvalue weighted by Crippen LogP contribution is -2.45. The summed E-state index contributed by atoms with van der Waals surface area (Å²) in [5.41, 5.74) is 0. The third-order valence-corrected chi connectivity index (χ3v) is 8.09. The van der Waals surface area contributed by atoms with Crippen LogP contribution in [0.15, 0.2) is 40.6 Å². The van der Waals surface area contributed by atoms with Gasteiger partial charge in [-0.1, -0.05) is 11.6 Å². The molecule has 1 aromatic rings. The highest BCUT2D eigenvalue weighted by molar-refractivity contribution is 7.94. The Bertz CT molecular complexity index is 918. The van der Waals surface area contributed by atoms with Crippen LogP contribution >= 0.6 is 11.6 Å². The Morgan fingerprint density at radius 2 is 1.77 bits per heavy atom. The average molecular weight is 419 g/mol. The largest absolute Gasteiger partial charge is 0.349 e. The van der Waals surface area contributed by atoms with Crippen LogP contribution in [0, 0.1) is 5.92 Å². The molecule has 0 aliphatic carbocycles. The fourth-order valence-corrected chi connectivity index (χ4v) is 5.91. The van der Waals surface area contributed by atoms with Crippen LogP contribution in [0.1, 0.15) is 12.8 Å². The second-order valence-electron chi connectivity index (χ2n) is 6.41. The van der Waals surface area contributed by atoms with Crippen LogP contribution in [-0.2, 0) is 24.7 Å². The van der Waals surface area contributed by atoms with Crippen LogP contribution in [-0.4, -0.2) is 51.9 Å². The van der Waals surface area contributed by atoms with Crippen molar-refractivity contribution in [3.8, 4) is 0 Å².